The molecular formula is C48H75NO16. The fourth-order valence-electron chi connectivity index (χ4n) is 13.8. The molecule has 0 bridgehead atoms. The van der Waals surface area contributed by atoms with Gasteiger partial charge in [0, 0.05) is 52.9 Å². The molecular weight excluding hydrogens is 847 g/mol. The summed E-state index contributed by atoms with van der Waals surface area (Å²) in [5.74, 6) is -4.10. The largest absolute Gasteiger partial charge is 0.468 e. The van der Waals surface area contributed by atoms with E-state index in [4.69, 9.17) is 42.6 Å². The van der Waals surface area contributed by atoms with Gasteiger partial charge in [-0.3, -0.25) is 33.6 Å². The first-order valence-electron chi connectivity index (χ1n) is 23.3. The minimum Gasteiger partial charge on any atom is -0.468 e. The Morgan fingerprint density at radius 3 is 1.85 bits per heavy atom. The summed E-state index contributed by atoms with van der Waals surface area (Å²) in [6.45, 7) is 21.2. The Balaban J connectivity index is 1.60. The van der Waals surface area contributed by atoms with Gasteiger partial charge in [0.1, 0.15) is 24.9 Å². The Morgan fingerprint density at radius 1 is 0.677 bits per heavy atom. The molecule has 17 nitrogen and oxygen atoms in total. The van der Waals surface area contributed by atoms with Crippen LogP contribution in [0, 0.1) is 45.3 Å². The second-order valence-electron chi connectivity index (χ2n) is 20.9. The van der Waals surface area contributed by atoms with Gasteiger partial charge < -0.3 is 47.9 Å². The quantitative estimate of drug-likeness (QED) is 0.114. The molecule has 5 fully saturated rings. The molecule has 7 unspecified atom stereocenters. The molecule has 0 spiro atoms. The maximum atomic E-state index is 13.2. The van der Waals surface area contributed by atoms with Gasteiger partial charge in [0.15, 0.2) is 24.6 Å². The average molecular weight is 922 g/mol. The lowest BCUT2D eigenvalue weighted by atomic mass is 9.35. The van der Waals surface area contributed by atoms with Crippen LogP contribution >= 0.6 is 0 Å². The lowest BCUT2D eigenvalue weighted by Gasteiger charge is -2.70. The number of carbonyl (C=O) groups is 7. The Bertz CT molecular complexity index is 1800. The fourth-order valence-corrected chi connectivity index (χ4v) is 13.8. The smallest absolute Gasteiger partial charge is 0.319 e. The van der Waals surface area contributed by atoms with Crippen LogP contribution < -0.4 is 5.32 Å². The van der Waals surface area contributed by atoms with E-state index >= 15 is 0 Å². The first kappa shape index (κ1) is 52.1. The van der Waals surface area contributed by atoms with Gasteiger partial charge in [-0.1, -0.05) is 34.6 Å². The topological polar surface area (TPSA) is 215 Å². The summed E-state index contributed by atoms with van der Waals surface area (Å²) in [4.78, 5) is 87.8. The van der Waals surface area contributed by atoms with Gasteiger partial charge in [-0.15, -0.1) is 0 Å². The second-order valence-corrected chi connectivity index (χ2v) is 20.9. The van der Waals surface area contributed by atoms with Crippen LogP contribution in [0.3, 0.4) is 0 Å². The standard InChI is InChI=1S/C48H75NO16/c1-26(50)58-25-34-40(61-29(4)53)41(62-30(5)54)42(63-31(6)55)43(64-34)65-48(12,18-14-22-49-24-38(56)57-13)32-15-20-47(11)39(32)33(59-27(2)51)23-36-45(9)19-17-37(60-28(3)52)44(7,8)35(45)16-21-46(36,47)10/h32-37,39-43,49H,14-25H2,1-13H3/t32?,33?,34-,35?,36?,37+,39?,40-,41+,42?,43-,45+,46-,47-,48?/m1/s1. The number of nitrogens with one attached hydrogen (secondary N) is 1. The lowest BCUT2D eigenvalue weighted by molar-refractivity contribution is -0.339. The fraction of sp³-hybridized carbons (Fsp3) is 0.854. The predicted molar refractivity (Wildman–Crippen MR) is 231 cm³/mol. The van der Waals surface area contributed by atoms with Crippen molar-refractivity contribution in [3.05, 3.63) is 0 Å². The molecule has 5 aliphatic rings. The number of carbonyl (C=O) groups excluding carboxylic acids is 7. The van der Waals surface area contributed by atoms with Crippen LogP contribution in [0.25, 0.3) is 0 Å². The first-order valence-corrected chi connectivity index (χ1v) is 23.3. The number of fused-ring (bicyclic) bond motifs is 5. The number of hydrogen-bond acceptors (Lipinski definition) is 17. The highest BCUT2D eigenvalue weighted by Crippen LogP contribution is 2.76. The number of methoxy groups -OCH3 is 1. The highest BCUT2D eigenvalue weighted by Gasteiger charge is 2.73. The number of esters is 7. The molecule has 65 heavy (non-hydrogen) atoms. The van der Waals surface area contributed by atoms with Gasteiger partial charge in [0.2, 0.25) is 0 Å². The Labute approximate surface area is 384 Å². The Hall–Kier alpha value is -3.83. The molecule has 4 aliphatic carbocycles. The summed E-state index contributed by atoms with van der Waals surface area (Å²) < 4.78 is 53.7. The normalized spacial score (nSPS) is 38.0. The second kappa shape index (κ2) is 20.2. The molecule has 4 saturated carbocycles. The van der Waals surface area contributed by atoms with Gasteiger partial charge in [0.05, 0.1) is 19.3 Å². The van der Waals surface area contributed by atoms with Crippen molar-refractivity contribution in [2.45, 2.75) is 189 Å². The van der Waals surface area contributed by atoms with Crippen LogP contribution in [-0.2, 0) is 76.2 Å². The summed E-state index contributed by atoms with van der Waals surface area (Å²) >= 11 is 0. The molecule has 0 radical (unpaired) electrons. The van der Waals surface area contributed by atoms with Crippen LogP contribution in [-0.4, -0.2) is 117 Å². The van der Waals surface area contributed by atoms with Crippen molar-refractivity contribution < 1.29 is 76.2 Å². The molecule has 0 aromatic heterocycles. The number of rotatable bonds is 16. The van der Waals surface area contributed by atoms with Crippen LogP contribution in [0.4, 0.5) is 0 Å². The SMILES string of the molecule is COC(=O)CNCCCC(C)(O[C@H]1O[C@H](COC(C)=O)[C@@H](OC(C)=O)[C@H](OC(C)=O)C1OC(C)=O)C1CC[C@]2(C)C1C(OC(C)=O)CC1[C@@]3(C)CC[C@H](OC(C)=O)C(C)(C)C3CC[C@]12C. The maximum absolute atomic E-state index is 13.2. The van der Waals surface area contributed by atoms with Gasteiger partial charge in [-0.05, 0) is 105 Å². The van der Waals surface area contributed by atoms with Crippen molar-refractivity contribution in [1.82, 2.24) is 5.32 Å². The molecule has 1 heterocycles. The minimum absolute atomic E-state index is 0.00957. The Kier molecular flexibility index (Phi) is 16.2. The zero-order valence-electron chi connectivity index (χ0n) is 40.9. The van der Waals surface area contributed by atoms with Crippen molar-refractivity contribution in [3.8, 4) is 0 Å². The molecule has 1 aliphatic heterocycles. The third-order valence-corrected chi connectivity index (χ3v) is 16.6. The van der Waals surface area contributed by atoms with Gasteiger partial charge in [-0.25, -0.2) is 0 Å². The van der Waals surface area contributed by atoms with E-state index in [2.05, 4.69) is 39.9 Å². The maximum Gasteiger partial charge on any atom is 0.319 e. The molecule has 0 aromatic rings. The van der Waals surface area contributed by atoms with Crippen molar-refractivity contribution in [2.24, 2.45) is 45.3 Å². The summed E-state index contributed by atoms with van der Waals surface area (Å²) in [5, 5.41) is 3.14. The first-order chi connectivity index (χ1) is 30.2. The van der Waals surface area contributed by atoms with Crippen LogP contribution in [0.5, 0.6) is 0 Å². The zero-order chi connectivity index (χ0) is 48.4. The summed E-state index contributed by atoms with van der Waals surface area (Å²) in [5.41, 5.74) is -2.16. The van der Waals surface area contributed by atoms with Crippen molar-refractivity contribution in [3.63, 3.8) is 0 Å². The molecule has 5 rings (SSSR count). The van der Waals surface area contributed by atoms with E-state index < -0.39 is 84.8 Å². The molecule has 0 amide bonds. The van der Waals surface area contributed by atoms with Crippen molar-refractivity contribution in [1.29, 1.82) is 0 Å². The molecule has 17 heteroatoms. The van der Waals surface area contributed by atoms with Gasteiger partial charge in [0.25, 0.3) is 0 Å². The van der Waals surface area contributed by atoms with E-state index in [0.717, 1.165) is 39.0 Å². The third-order valence-electron chi connectivity index (χ3n) is 16.6. The predicted octanol–water partition coefficient (Wildman–Crippen LogP) is 5.55. The number of ether oxygens (including phenoxy) is 9. The monoisotopic (exact) mass is 922 g/mol. The van der Waals surface area contributed by atoms with Gasteiger partial charge in [-0.2, -0.15) is 0 Å². The van der Waals surface area contributed by atoms with E-state index in [1.165, 1.54) is 41.7 Å². The molecule has 1 saturated heterocycles. The highest BCUT2D eigenvalue weighted by atomic mass is 16.7. The van der Waals surface area contributed by atoms with Crippen molar-refractivity contribution >= 4 is 41.8 Å². The molecule has 368 valence electrons. The van der Waals surface area contributed by atoms with Crippen LogP contribution in [0.15, 0.2) is 0 Å². The number of hydrogen-bond donors (Lipinski definition) is 1. The van der Waals surface area contributed by atoms with Crippen LogP contribution in [0.1, 0.15) is 141 Å². The van der Waals surface area contributed by atoms with E-state index in [-0.39, 0.29) is 63.9 Å². The van der Waals surface area contributed by atoms with Crippen LogP contribution in [0.2, 0.25) is 0 Å². The van der Waals surface area contributed by atoms with E-state index in [9.17, 15) is 33.6 Å². The summed E-state index contributed by atoms with van der Waals surface area (Å²) in [6.07, 6.45) is -1.24. The Morgan fingerprint density at radius 2 is 1.26 bits per heavy atom. The lowest BCUT2D eigenvalue weighted by Crippen LogP contribution is -2.67. The van der Waals surface area contributed by atoms with E-state index in [0.29, 0.717) is 32.2 Å². The van der Waals surface area contributed by atoms with E-state index in [1.54, 1.807) is 0 Å². The molecule has 1 N–H and O–H groups in total. The average Bonchev–Trinajstić information content (AvgIpc) is 3.57. The molecule has 15 atom stereocenters. The molecule has 0 aromatic carbocycles. The van der Waals surface area contributed by atoms with Gasteiger partial charge >= 0.3 is 41.8 Å². The van der Waals surface area contributed by atoms with Crippen molar-refractivity contribution in [2.75, 3.05) is 26.8 Å². The highest BCUT2D eigenvalue weighted by molar-refractivity contribution is 5.71. The third kappa shape index (κ3) is 10.7. The summed E-state index contributed by atoms with van der Waals surface area (Å²) in [6, 6.07) is 0. The minimum atomic E-state index is -1.45. The summed E-state index contributed by atoms with van der Waals surface area (Å²) in [7, 11) is 1.32. The van der Waals surface area contributed by atoms with E-state index in [1.807, 2.05) is 6.92 Å². The zero-order valence-corrected chi connectivity index (χ0v) is 40.9.